The summed E-state index contributed by atoms with van der Waals surface area (Å²) >= 11 is 0. The van der Waals surface area contributed by atoms with E-state index in [4.69, 9.17) is 18.9 Å². The van der Waals surface area contributed by atoms with E-state index in [2.05, 4.69) is 0 Å². The lowest BCUT2D eigenvalue weighted by Gasteiger charge is -2.16. The summed E-state index contributed by atoms with van der Waals surface area (Å²) in [5, 5.41) is 0. The number of carbonyl (C=O) groups excluding carboxylic acids is 1. The predicted octanol–water partition coefficient (Wildman–Crippen LogP) is 3.17. The van der Waals surface area contributed by atoms with E-state index in [0.717, 1.165) is 11.1 Å². The van der Waals surface area contributed by atoms with Crippen LogP contribution in [0.5, 0.6) is 17.2 Å². The first-order valence-corrected chi connectivity index (χ1v) is 6.64. The number of para-hydroxylation sites is 2. The van der Waals surface area contributed by atoms with Gasteiger partial charge in [0.05, 0.1) is 28.4 Å². The molecule has 2 aromatic rings. The number of esters is 1. The maximum absolute atomic E-state index is 11.9. The van der Waals surface area contributed by atoms with Gasteiger partial charge in [-0.15, -0.1) is 0 Å². The summed E-state index contributed by atoms with van der Waals surface area (Å²) in [7, 11) is 5.99. The molecule has 0 radical (unpaired) electrons. The van der Waals surface area contributed by atoms with Gasteiger partial charge in [-0.1, -0.05) is 24.3 Å². The Hall–Kier alpha value is -2.69. The second-order valence-electron chi connectivity index (χ2n) is 4.42. The van der Waals surface area contributed by atoms with Crippen LogP contribution in [0.15, 0.2) is 36.4 Å². The van der Waals surface area contributed by atoms with Crippen LogP contribution in [0.1, 0.15) is 10.4 Å². The Bertz CT molecular complexity index is 679. The molecule has 0 fully saturated rings. The van der Waals surface area contributed by atoms with Crippen molar-refractivity contribution in [1.82, 2.24) is 0 Å². The molecule has 2 rings (SSSR count). The Kier molecular flexibility index (Phi) is 4.88. The van der Waals surface area contributed by atoms with Crippen LogP contribution in [0, 0.1) is 0 Å². The summed E-state index contributed by atoms with van der Waals surface area (Å²) in [6, 6.07) is 10.8. The van der Waals surface area contributed by atoms with Crippen LogP contribution in [0.2, 0.25) is 0 Å². The molecular formula is C17H18O5. The number of hydrogen-bond acceptors (Lipinski definition) is 5. The minimum Gasteiger partial charge on any atom is -0.495 e. The van der Waals surface area contributed by atoms with E-state index in [1.165, 1.54) is 14.2 Å². The van der Waals surface area contributed by atoms with E-state index in [-0.39, 0.29) is 0 Å². The fraction of sp³-hybridized carbons (Fsp3) is 0.235. The number of ether oxygens (including phenoxy) is 4. The van der Waals surface area contributed by atoms with E-state index in [9.17, 15) is 4.79 Å². The van der Waals surface area contributed by atoms with Gasteiger partial charge in [0.15, 0.2) is 11.5 Å². The second-order valence-corrected chi connectivity index (χ2v) is 4.42. The smallest absolute Gasteiger partial charge is 0.341 e. The van der Waals surface area contributed by atoms with Gasteiger partial charge in [0.1, 0.15) is 11.3 Å². The molecule has 0 amide bonds. The standard InChI is InChI=1S/C17H18O5/c1-19-14-10-6-8-12(16(14)21-3)11-7-5-9-13(15(11)20-2)17(18)22-4/h5-10H,1-4H3. The first-order chi connectivity index (χ1) is 10.7. The molecule has 0 spiro atoms. The van der Waals surface area contributed by atoms with E-state index >= 15 is 0 Å². The maximum atomic E-state index is 11.9. The monoisotopic (exact) mass is 302 g/mol. The quantitative estimate of drug-likeness (QED) is 0.794. The van der Waals surface area contributed by atoms with Gasteiger partial charge in [-0.05, 0) is 12.1 Å². The molecule has 0 aromatic heterocycles. The Morgan fingerprint density at radius 3 is 1.91 bits per heavy atom. The van der Waals surface area contributed by atoms with Gasteiger partial charge in [0.25, 0.3) is 0 Å². The fourth-order valence-electron chi connectivity index (χ4n) is 2.34. The summed E-state index contributed by atoms with van der Waals surface area (Å²) in [5.41, 5.74) is 1.85. The van der Waals surface area contributed by atoms with Crippen molar-refractivity contribution in [2.24, 2.45) is 0 Å². The molecule has 0 aliphatic carbocycles. The molecule has 0 saturated carbocycles. The molecule has 2 aromatic carbocycles. The third kappa shape index (κ3) is 2.70. The zero-order chi connectivity index (χ0) is 16.1. The zero-order valence-electron chi connectivity index (χ0n) is 13.0. The summed E-state index contributed by atoms with van der Waals surface area (Å²) in [4.78, 5) is 11.9. The van der Waals surface area contributed by atoms with Gasteiger partial charge in [0.2, 0.25) is 0 Å². The molecule has 0 heterocycles. The average Bonchev–Trinajstić information content (AvgIpc) is 2.59. The molecule has 0 aliphatic rings. The van der Waals surface area contributed by atoms with Crippen LogP contribution in [0.4, 0.5) is 0 Å². The molecule has 0 bridgehead atoms. The molecular weight excluding hydrogens is 284 g/mol. The summed E-state index contributed by atoms with van der Waals surface area (Å²) in [6.07, 6.45) is 0. The molecule has 0 atom stereocenters. The minimum absolute atomic E-state index is 0.354. The van der Waals surface area contributed by atoms with E-state index in [1.807, 2.05) is 18.2 Å². The van der Waals surface area contributed by atoms with Crippen molar-refractivity contribution >= 4 is 5.97 Å². The first kappa shape index (κ1) is 15.7. The summed E-state index contributed by atoms with van der Waals surface area (Å²) < 4.78 is 21.0. The summed E-state index contributed by atoms with van der Waals surface area (Å²) in [5.74, 6) is 1.15. The third-order valence-corrected chi connectivity index (χ3v) is 3.32. The van der Waals surface area contributed by atoms with Crippen molar-refractivity contribution in [2.45, 2.75) is 0 Å². The van der Waals surface area contributed by atoms with Crippen LogP contribution in [0.25, 0.3) is 11.1 Å². The molecule has 5 heteroatoms. The number of benzene rings is 2. The topological polar surface area (TPSA) is 54.0 Å². The van der Waals surface area contributed by atoms with Gasteiger partial charge in [-0.25, -0.2) is 4.79 Å². The third-order valence-electron chi connectivity index (χ3n) is 3.32. The highest BCUT2D eigenvalue weighted by Crippen LogP contribution is 2.42. The number of carbonyl (C=O) groups is 1. The zero-order valence-corrected chi connectivity index (χ0v) is 13.0. The van der Waals surface area contributed by atoms with Crippen LogP contribution in [0.3, 0.4) is 0 Å². The molecule has 5 nitrogen and oxygen atoms in total. The van der Waals surface area contributed by atoms with Crippen LogP contribution >= 0.6 is 0 Å². The Morgan fingerprint density at radius 2 is 1.36 bits per heavy atom. The fourth-order valence-corrected chi connectivity index (χ4v) is 2.34. The normalized spacial score (nSPS) is 10.0. The lowest BCUT2D eigenvalue weighted by Crippen LogP contribution is -2.05. The lowest BCUT2D eigenvalue weighted by atomic mass is 10.00. The first-order valence-electron chi connectivity index (χ1n) is 6.64. The van der Waals surface area contributed by atoms with Crippen molar-refractivity contribution in [2.75, 3.05) is 28.4 Å². The van der Waals surface area contributed by atoms with E-state index in [0.29, 0.717) is 22.8 Å². The highest BCUT2D eigenvalue weighted by atomic mass is 16.5. The highest BCUT2D eigenvalue weighted by Gasteiger charge is 2.20. The van der Waals surface area contributed by atoms with Crippen LogP contribution in [-0.4, -0.2) is 34.4 Å². The molecule has 0 aliphatic heterocycles. The van der Waals surface area contributed by atoms with Crippen molar-refractivity contribution < 1.29 is 23.7 Å². The van der Waals surface area contributed by atoms with Crippen molar-refractivity contribution in [3.8, 4) is 28.4 Å². The number of methoxy groups -OCH3 is 4. The molecule has 22 heavy (non-hydrogen) atoms. The lowest BCUT2D eigenvalue weighted by molar-refractivity contribution is 0.0597. The van der Waals surface area contributed by atoms with Crippen LogP contribution in [-0.2, 0) is 4.74 Å². The largest absolute Gasteiger partial charge is 0.495 e. The Balaban J connectivity index is 2.70. The Labute approximate surface area is 129 Å². The minimum atomic E-state index is -0.458. The van der Waals surface area contributed by atoms with Gasteiger partial charge in [0, 0.05) is 11.1 Å². The molecule has 0 N–H and O–H groups in total. The SMILES string of the molecule is COC(=O)c1cccc(-c2cccc(OC)c2OC)c1OC. The van der Waals surface area contributed by atoms with Gasteiger partial charge in [-0.3, -0.25) is 0 Å². The number of rotatable bonds is 5. The van der Waals surface area contributed by atoms with Crippen molar-refractivity contribution in [1.29, 1.82) is 0 Å². The molecule has 0 unspecified atom stereocenters. The van der Waals surface area contributed by atoms with Crippen molar-refractivity contribution in [3.63, 3.8) is 0 Å². The Morgan fingerprint density at radius 1 is 0.773 bits per heavy atom. The summed E-state index contributed by atoms with van der Waals surface area (Å²) in [6.45, 7) is 0. The molecule has 0 saturated heterocycles. The maximum Gasteiger partial charge on any atom is 0.341 e. The predicted molar refractivity (Wildman–Crippen MR) is 82.9 cm³/mol. The highest BCUT2D eigenvalue weighted by molar-refractivity contribution is 5.96. The van der Waals surface area contributed by atoms with Gasteiger partial charge >= 0.3 is 5.97 Å². The average molecular weight is 302 g/mol. The van der Waals surface area contributed by atoms with Gasteiger partial charge in [-0.2, -0.15) is 0 Å². The van der Waals surface area contributed by atoms with E-state index in [1.54, 1.807) is 32.4 Å². The van der Waals surface area contributed by atoms with Crippen LogP contribution < -0.4 is 14.2 Å². The number of hydrogen-bond donors (Lipinski definition) is 0. The van der Waals surface area contributed by atoms with E-state index < -0.39 is 5.97 Å². The van der Waals surface area contributed by atoms with Gasteiger partial charge < -0.3 is 18.9 Å². The molecule has 116 valence electrons. The van der Waals surface area contributed by atoms with Crippen molar-refractivity contribution in [3.05, 3.63) is 42.0 Å². The second kappa shape index (κ2) is 6.85.